The first-order valence-corrected chi connectivity index (χ1v) is 9.52. The van der Waals surface area contributed by atoms with Gasteiger partial charge in [0.05, 0.1) is 6.61 Å². The SMILES string of the molecule is CCOc1cc(C(=O)N2CCCCC2CN)ccc1OCc1cccnc1.Cl.Cl. The second-order valence-corrected chi connectivity index (χ2v) is 6.63. The third-order valence-corrected chi connectivity index (χ3v) is 4.77. The van der Waals surface area contributed by atoms with Gasteiger partial charge >= 0.3 is 0 Å². The van der Waals surface area contributed by atoms with E-state index >= 15 is 0 Å². The number of amides is 1. The fourth-order valence-electron chi connectivity index (χ4n) is 3.35. The summed E-state index contributed by atoms with van der Waals surface area (Å²) in [5.74, 6) is 1.20. The molecule has 2 N–H and O–H groups in total. The van der Waals surface area contributed by atoms with Crippen LogP contribution in [0.1, 0.15) is 42.1 Å². The van der Waals surface area contributed by atoms with E-state index in [-0.39, 0.29) is 36.8 Å². The number of carbonyl (C=O) groups excluding carboxylic acids is 1. The molecule has 1 aromatic heterocycles. The highest BCUT2D eigenvalue weighted by atomic mass is 35.5. The standard InChI is InChI=1S/C21H27N3O3.2ClH/c1-2-26-20-12-17(21(25)24-11-4-3-7-18(24)13-22)8-9-19(20)27-15-16-6-5-10-23-14-16;;/h5-6,8-10,12,14,18H,2-4,7,11,13,15,22H2,1H3;2*1H. The maximum atomic E-state index is 13.0. The van der Waals surface area contributed by atoms with Gasteiger partial charge in [-0.15, -0.1) is 24.8 Å². The van der Waals surface area contributed by atoms with Gasteiger partial charge in [-0.05, 0) is 50.5 Å². The summed E-state index contributed by atoms with van der Waals surface area (Å²) in [5, 5.41) is 0. The topological polar surface area (TPSA) is 77.7 Å². The molecule has 1 aliphatic heterocycles. The Hall–Kier alpha value is -2.02. The molecule has 1 atom stereocenters. The van der Waals surface area contributed by atoms with Crippen LogP contribution < -0.4 is 15.2 Å². The fraction of sp³-hybridized carbons (Fsp3) is 0.429. The maximum Gasteiger partial charge on any atom is 0.254 e. The Morgan fingerprint density at radius 1 is 1.21 bits per heavy atom. The lowest BCUT2D eigenvalue weighted by molar-refractivity contribution is 0.0623. The number of nitrogens with zero attached hydrogens (tertiary/aromatic N) is 2. The van der Waals surface area contributed by atoms with Crippen LogP contribution in [-0.4, -0.2) is 41.5 Å². The maximum absolute atomic E-state index is 13.0. The molecule has 0 bridgehead atoms. The molecule has 1 aromatic carbocycles. The minimum Gasteiger partial charge on any atom is -0.490 e. The van der Waals surface area contributed by atoms with Crippen molar-refractivity contribution in [3.8, 4) is 11.5 Å². The molecule has 1 unspecified atom stereocenters. The van der Waals surface area contributed by atoms with E-state index in [0.29, 0.717) is 36.8 Å². The van der Waals surface area contributed by atoms with Crippen LogP contribution in [0.4, 0.5) is 0 Å². The highest BCUT2D eigenvalue weighted by Crippen LogP contribution is 2.30. The minimum absolute atomic E-state index is 0. The van der Waals surface area contributed by atoms with Gasteiger partial charge in [0.2, 0.25) is 0 Å². The average molecular weight is 442 g/mol. The second-order valence-electron chi connectivity index (χ2n) is 6.63. The van der Waals surface area contributed by atoms with E-state index in [9.17, 15) is 4.79 Å². The zero-order valence-corrected chi connectivity index (χ0v) is 18.2. The zero-order valence-electron chi connectivity index (χ0n) is 16.6. The summed E-state index contributed by atoms with van der Waals surface area (Å²) in [6, 6.07) is 9.31. The largest absolute Gasteiger partial charge is 0.490 e. The zero-order chi connectivity index (χ0) is 19.1. The number of piperidine rings is 1. The van der Waals surface area contributed by atoms with Crippen molar-refractivity contribution in [3.63, 3.8) is 0 Å². The van der Waals surface area contributed by atoms with Gasteiger partial charge in [-0.2, -0.15) is 0 Å². The Balaban J connectivity index is 0.00000210. The summed E-state index contributed by atoms with van der Waals surface area (Å²) in [4.78, 5) is 19.0. The Morgan fingerprint density at radius 3 is 2.72 bits per heavy atom. The van der Waals surface area contributed by atoms with Crippen LogP contribution in [0, 0.1) is 0 Å². The Kier molecular flexibility index (Phi) is 10.8. The number of pyridine rings is 1. The first kappa shape index (κ1) is 25.0. The van der Waals surface area contributed by atoms with Crippen LogP contribution in [0.3, 0.4) is 0 Å². The van der Waals surface area contributed by atoms with Gasteiger partial charge in [0, 0.05) is 42.7 Å². The van der Waals surface area contributed by atoms with Crippen molar-refractivity contribution >= 4 is 30.7 Å². The first-order valence-electron chi connectivity index (χ1n) is 9.52. The van der Waals surface area contributed by atoms with Crippen molar-refractivity contribution in [1.82, 2.24) is 9.88 Å². The molecule has 3 rings (SSSR count). The van der Waals surface area contributed by atoms with E-state index in [1.165, 1.54) is 0 Å². The number of hydrogen-bond acceptors (Lipinski definition) is 5. The highest BCUT2D eigenvalue weighted by Gasteiger charge is 2.27. The van der Waals surface area contributed by atoms with E-state index in [2.05, 4.69) is 4.98 Å². The lowest BCUT2D eigenvalue weighted by Crippen LogP contribution is -2.47. The quantitative estimate of drug-likeness (QED) is 0.705. The summed E-state index contributed by atoms with van der Waals surface area (Å²) in [6.07, 6.45) is 6.60. The predicted octanol–water partition coefficient (Wildman–Crippen LogP) is 3.86. The normalized spacial score (nSPS) is 15.7. The van der Waals surface area contributed by atoms with Gasteiger partial charge in [-0.1, -0.05) is 6.07 Å². The predicted molar refractivity (Wildman–Crippen MR) is 118 cm³/mol. The van der Waals surface area contributed by atoms with Gasteiger partial charge < -0.3 is 20.1 Å². The molecule has 0 aliphatic carbocycles. The molecule has 160 valence electrons. The smallest absolute Gasteiger partial charge is 0.254 e. The van der Waals surface area contributed by atoms with Crippen molar-refractivity contribution in [2.45, 2.75) is 38.8 Å². The molecule has 2 aromatic rings. The molecular formula is C21H29Cl2N3O3. The Labute approximate surface area is 184 Å². The van der Waals surface area contributed by atoms with E-state index in [4.69, 9.17) is 15.2 Å². The Bertz CT molecular complexity index is 762. The molecule has 0 radical (unpaired) electrons. The van der Waals surface area contributed by atoms with Gasteiger partial charge in [-0.25, -0.2) is 0 Å². The number of ether oxygens (including phenoxy) is 2. The summed E-state index contributed by atoms with van der Waals surface area (Å²) in [6.45, 7) is 4.05. The van der Waals surface area contributed by atoms with Crippen LogP contribution in [0.15, 0.2) is 42.7 Å². The monoisotopic (exact) mass is 441 g/mol. The van der Waals surface area contributed by atoms with Crippen LogP contribution >= 0.6 is 24.8 Å². The molecule has 6 nitrogen and oxygen atoms in total. The summed E-state index contributed by atoms with van der Waals surface area (Å²) in [5.41, 5.74) is 7.44. The molecule has 1 aliphatic rings. The lowest BCUT2D eigenvalue weighted by Gasteiger charge is -2.35. The first-order chi connectivity index (χ1) is 13.2. The molecule has 1 amide bonds. The van der Waals surface area contributed by atoms with Gasteiger partial charge in [-0.3, -0.25) is 9.78 Å². The fourth-order valence-corrected chi connectivity index (χ4v) is 3.35. The third-order valence-electron chi connectivity index (χ3n) is 4.77. The number of aromatic nitrogens is 1. The minimum atomic E-state index is 0. The van der Waals surface area contributed by atoms with Crippen molar-refractivity contribution in [3.05, 3.63) is 53.9 Å². The molecule has 0 spiro atoms. The van der Waals surface area contributed by atoms with Crippen molar-refractivity contribution < 1.29 is 14.3 Å². The van der Waals surface area contributed by atoms with Gasteiger partial charge in [0.25, 0.3) is 5.91 Å². The van der Waals surface area contributed by atoms with Crippen molar-refractivity contribution in [2.75, 3.05) is 19.7 Å². The highest BCUT2D eigenvalue weighted by molar-refractivity contribution is 5.95. The van der Waals surface area contributed by atoms with Gasteiger partial charge in [0.15, 0.2) is 11.5 Å². The van der Waals surface area contributed by atoms with E-state index in [1.807, 2.05) is 24.0 Å². The van der Waals surface area contributed by atoms with Crippen molar-refractivity contribution in [2.24, 2.45) is 5.73 Å². The number of carbonyl (C=O) groups is 1. The number of rotatable bonds is 7. The molecule has 0 saturated carbocycles. The Morgan fingerprint density at radius 2 is 2.03 bits per heavy atom. The lowest BCUT2D eigenvalue weighted by atomic mass is 10.0. The molecule has 29 heavy (non-hydrogen) atoms. The van der Waals surface area contributed by atoms with Crippen LogP contribution in [0.25, 0.3) is 0 Å². The van der Waals surface area contributed by atoms with Gasteiger partial charge in [0.1, 0.15) is 6.61 Å². The number of halogens is 2. The number of nitrogens with two attached hydrogens (primary N) is 1. The number of benzene rings is 1. The molecule has 1 fully saturated rings. The van der Waals surface area contributed by atoms with Crippen LogP contribution in [0.5, 0.6) is 11.5 Å². The third kappa shape index (κ3) is 6.49. The molecule has 2 heterocycles. The van der Waals surface area contributed by atoms with E-state index in [1.54, 1.807) is 30.6 Å². The van der Waals surface area contributed by atoms with Crippen LogP contribution in [-0.2, 0) is 6.61 Å². The molecular weight excluding hydrogens is 413 g/mol. The number of likely N-dealkylation sites (tertiary alicyclic amines) is 1. The summed E-state index contributed by atoms with van der Waals surface area (Å²) in [7, 11) is 0. The molecule has 8 heteroatoms. The average Bonchev–Trinajstić information content (AvgIpc) is 2.73. The van der Waals surface area contributed by atoms with Crippen LogP contribution in [0.2, 0.25) is 0 Å². The molecule has 1 saturated heterocycles. The van der Waals surface area contributed by atoms with E-state index < -0.39 is 0 Å². The number of hydrogen-bond donors (Lipinski definition) is 1. The summed E-state index contributed by atoms with van der Waals surface area (Å²) >= 11 is 0. The van der Waals surface area contributed by atoms with Crippen molar-refractivity contribution in [1.29, 1.82) is 0 Å². The summed E-state index contributed by atoms with van der Waals surface area (Å²) < 4.78 is 11.6. The van der Waals surface area contributed by atoms with E-state index in [0.717, 1.165) is 31.4 Å². The second kappa shape index (κ2) is 12.5.